The van der Waals surface area contributed by atoms with Gasteiger partial charge >= 0.3 is 10.3 Å². The molecule has 2 N–H and O–H groups in total. The molecule has 0 spiro atoms. The first kappa shape index (κ1) is 19.5. The Morgan fingerprint density at radius 1 is 1.11 bits per heavy atom. The standard InChI is InChI=1S/C19H24N2O5S/c1-13-7-15-9-19(26-27(20,22)23)18(25-3)10-16(15)12-21(13)11-14-5-4-6-17(8-14)24-2/h4-6,8-10,13H,7,11-12H2,1-3H3,(H2,20,22,23). The summed E-state index contributed by atoms with van der Waals surface area (Å²) in [5.74, 6) is 1.30. The molecule has 1 aliphatic heterocycles. The first-order valence-corrected chi connectivity index (χ1v) is 10.0. The molecule has 1 atom stereocenters. The maximum atomic E-state index is 11.3. The summed E-state index contributed by atoms with van der Waals surface area (Å²) >= 11 is 0. The maximum absolute atomic E-state index is 11.3. The SMILES string of the molecule is COc1cccc(CN2Cc3cc(OC)c(OS(N)(=O)=O)cc3CC2C)c1. The van der Waals surface area contributed by atoms with Crippen molar-refractivity contribution < 1.29 is 22.1 Å². The van der Waals surface area contributed by atoms with Crippen molar-refractivity contribution in [2.75, 3.05) is 14.2 Å². The van der Waals surface area contributed by atoms with E-state index in [1.165, 1.54) is 12.7 Å². The number of methoxy groups -OCH3 is 2. The van der Waals surface area contributed by atoms with Crippen molar-refractivity contribution in [2.45, 2.75) is 32.5 Å². The molecule has 7 nitrogen and oxygen atoms in total. The molecule has 0 fully saturated rings. The molecule has 0 aliphatic carbocycles. The molecule has 146 valence electrons. The molecule has 1 aliphatic rings. The van der Waals surface area contributed by atoms with Gasteiger partial charge in [0.15, 0.2) is 11.5 Å². The van der Waals surface area contributed by atoms with Gasteiger partial charge in [-0.1, -0.05) is 12.1 Å². The molecule has 0 amide bonds. The van der Waals surface area contributed by atoms with Gasteiger partial charge in [-0.25, -0.2) is 0 Å². The van der Waals surface area contributed by atoms with Crippen molar-refractivity contribution in [1.82, 2.24) is 4.90 Å². The number of hydrogen-bond donors (Lipinski definition) is 1. The molecule has 27 heavy (non-hydrogen) atoms. The minimum Gasteiger partial charge on any atom is -0.497 e. The third-order valence-corrected chi connectivity index (χ3v) is 5.14. The molecular weight excluding hydrogens is 368 g/mol. The zero-order chi connectivity index (χ0) is 19.6. The molecular formula is C19H24N2O5S. The maximum Gasteiger partial charge on any atom is 0.380 e. The highest BCUT2D eigenvalue weighted by Gasteiger charge is 2.26. The van der Waals surface area contributed by atoms with E-state index in [1.807, 2.05) is 24.3 Å². The quantitative estimate of drug-likeness (QED) is 0.811. The number of ether oxygens (including phenoxy) is 2. The lowest BCUT2D eigenvalue weighted by Crippen LogP contribution is -2.37. The van der Waals surface area contributed by atoms with Crippen LogP contribution < -0.4 is 18.8 Å². The second-order valence-corrected chi connectivity index (χ2v) is 7.81. The van der Waals surface area contributed by atoms with E-state index in [0.29, 0.717) is 5.75 Å². The van der Waals surface area contributed by atoms with Gasteiger partial charge in [0.25, 0.3) is 0 Å². The zero-order valence-corrected chi connectivity index (χ0v) is 16.5. The third kappa shape index (κ3) is 4.71. The first-order valence-electron chi connectivity index (χ1n) is 8.58. The van der Waals surface area contributed by atoms with E-state index in [0.717, 1.165) is 36.4 Å². The van der Waals surface area contributed by atoms with Crippen LogP contribution in [0, 0.1) is 0 Å². The summed E-state index contributed by atoms with van der Waals surface area (Å²) < 4.78 is 38.0. The molecule has 2 aromatic rings. The highest BCUT2D eigenvalue weighted by Crippen LogP contribution is 2.35. The smallest absolute Gasteiger partial charge is 0.380 e. The summed E-state index contributed by atoms with van der Waals surface area (Å²) in [7, 11) is -0.982. The van der Waals surface area contributed by atoms with Crippen molar-refractivity contribution in [3.05, 3.63) is 53.1 Å². The van der Waals surface area contributed by atoms with Crippen molar-refractivity contribution >= 4 is 10.3 Å². The van der Waals surface area contributed by atoms with Crippen molar-refractivity contribution in [1.29, 1.82) is 0 Å². The van der Waals surface area contributed by atoms with Crippen LogP contribution >= 0.6 is 0 Å². The fourth-order valence-corrected chi connectivity index (χ4v) is 3.75. The monoisotopic (exact) mass is 392 g/mol. The number of rotatable bonds is 6. The summed E-state index contributed by atoms with van der Waals surface area (Å²) in [4.78, 5) is 2.36. The van der Waals surface area contributed by atoms with E-state index in [9.17, 15) is 8.42 Å². The van der Waals surface area contributed by atoms with Crippen LogP contribution in [0.15, 0.2) is 36.4 Å². The lowest BCUT2D eigenvalue weighted by molar-refractivity contribution is 0.174. The molecule has 0 bridgehead atoms. The van der Waals surface area contributed by atoms with Crippen molar-refractivity contribution in [3.63, 3.8) is 0 Å². The van der Waals surface area contributed by atoms with E-state index < -0.39 is 10.3 Å². The van der Waals surface area contributed by atoms with Crippen LogP contribution in [0.1, 0.15) is 23.6 Å². The van der Waals surface area contributed by atoms with E-state index in [2.05, 4.69) is 17.9 Å². The number of benzene rings is 2. The number of nitrogens with zero attached hydrogens (tertiary/aromatic N) is 1. The highest BCUT2D eigenvalue weighted by molar-refractivity contribution is 7.84. The largest absolute Gasteiger partial charge is 0.497 e. The Kier molecular flexibility index (Phi) is 5.59. The Morgan fingerprint density at radius 3 is 2.52 bits per heavy atom. The zero-order valence-electron chi connectivity index (χ0n) is 15.6. The number of hydrogen-bond acceptors (Lipinski definition) is 6. The van der Waals surface area contributed by atoms with Gasteiger partial charge in [0.2, 0.25) is 0 Å². The third-order valence-electron chi connectivity index (χ3n) is 4.72. The molecule has 3 rings (SSSR count). The summed E-state index contributed by atoms with van der Waals surface area (Å²) in [6.45, 7) is 3.66. The molecule has 0 radical (unpaired) electrons. The van der Waals surface area contributed by atoms with Gasteiger partial charge in [0, 0.05) is 19.1 Å². The second-order valence-electron chi connectivity index (χ2n) is 6.66. The van der Waals surface area contributed by atoms with Gasteiger partial charge in [-0.15, -0.1) is 0 Å². The van der Waals surface area contributed by atoms with Crippen molar-refractivity contribution in [2.24, 2.45) is 5.14 Å². The van der Waals surface area contributed by atoms with Crippen LogP contribution in [0.4, 0.5) is 0 Å². The van der Waals surface area contributed by atoms with Gasteiger partial charge in [-0.3, -0.25) is 4.90 Å². The minimum atomic E-state index is -4.11. The molecule has 0 aromatic heterocycles. The Hall–Kier alpha value is -2.29. The van der Waals surface area contributed by atoms with Crippen LogP contribution in [-0.4, -0.2) is 33.6 Å². The van der Waals surface area contributed by atoms with Gasteiger partial charge in [0.05, 0.1) is 14.2 Å². The van der Waals surface area contributed by atoms with Crippen LogP contribution in [0.5, 0.6) is 17.2 Å². The summed E-state index contributed by atoms with van der Waals surface area (Å²) in [5, 5.41) is 5.00. The minimum absolute atomic E-state index is 0.118. The van der Waals surface area contributed by atoms with Gasteiger partial charge < -0.3 is 13.7 Å². The Morgan fingerprint density at radius 2 is 1.85 bits per heavy atom. The summed E-state index contributed by atoms with van der Waals surface area (Å²) in [5.41, 5.74) is 3.28. The van der Waals surface area contributed by atoms with Crippen LogP contribution in [0.25, 0.3) is 0 Å². The summed E-state index contributed by atoms with van der Waals surface area (Å²) in [6, 6.07) is 11.8. The molecule has 2 aromatic carbocycles. The average molecular weight is 392 g/mol. The Balaban J connectivity index is 1.85. The molecule has 0 saturated carbocycles. The lowest BCUT2D eigenvalue weighted by Gasteiger charge is -2.35. The second kappa shape index (κ2) is 7.75. The first-order chi connectivity index (χ1) is 12.8. The predicted octanol–water partition coefficient (Wildman–Crippen LogP) is 2.23. The number of fused-ring (bicyclic) bond motifs is 1. The normalized spacial score (nSPS) is 17.3. The average Bonchev–Trinajstić information content (AvgIpc) is 2.61. The topological polar surface area (TPSA) is 91.1 Å². The highest BCUT2D eigenvalue weighted by atomic mass is 32.2. The molecule has 1 heterocycles. The van der Waals surface area contributed by atoms with Crippen LogP contribution in [0.3, 0.4) is 0 Å². The van der Waals surface area contributed by atoms with Gasteiger partial charge in [0.1, 0.15) is 5.75 Å². The van der Waals surface area contributed by atoms with E-state index in [4.69, 9.17) is 18.8 Å². The molecule has 8 heteroatoms. The van der Waals surface area contributed by atoms with Crippen LogP contribution in [-0.2, 0) is 29.8 Å². The summed E-state index contributed by atoms with van der Waals surface area (Å²) in [6.07, 6.45) is 0.768. The lowest BCUT2D eigenvalue weighted by atomic mass is 9.93. The van der Waals surface area contributed by atoms with Gasteiger partial charge in [-0.2, -0.15) is 13.6 Å². The molecule has 0 saturated heterocycles. The number of nitrogens with two attached hydrogens (primary N) is 1. The van der Waals surface area contributed by atoms with Gasteiger partial charge in [-0.05, 0) is 54.3 Å². The fraction of sp³-hybridized carbons (Fsp3) is 0.368. The van der Waals surface area contributed by atoms with E-state index in [-0.39, 0.29) is 11.8 Å². The molecule has 1 unspecified atom stereocenters. The predicted molar refractivity (Wildman–Crippen MR) is 102 cm³/mol. The Labute approximate surface area is 159 Å². The fourth-order valence-electron chi connectivity index (χ4n) is 3.37. The van der Waals surface area contributed by atoms with E-state index in [1.54, 1.807) is 13.2 Å². The Bertz CT molecular complexity index is 930. The van der Waals surface area contributed by atoms with Crippen LogP contribution in [0.2, 0.25) is 0 Å². The van der Waals surface area contributed by atoms with E-state index >= 15 is 0 Å². The van der Waals surface area contributed by atoms with Crippen molar-refractivity contribution in [3.8, 4) is 17.2 Å².